The van der Waals surface area contributed by atoms with Crippen molar-refractivity contribution in [2.24, 2.45) is 0 Å². The number of ether oxygens (including phenoxy) is 1. The fourth-order valence-corrected chi connectivity index (χ4v) is 1.15. The third-order valence-corrected chi connectivity index (χ3v) is 1.89. The Morgan fingerprint density at radius 2 is 1.78 bits per heavy atom. The van der Waals surface area contributed by atoms with Crippen LogP contribution >= 0.6 is 0 Å². The van der Waals surface area contributed by atoms with Crippen molar-refractivity contribution in [1.29, 1.82) is 0 Å². The van der Waals surface area contributed by atoms with Crippen molar-refractivity contribution < 1.29 is 28.9 Å². The third kappa shape index (κ3) is 5.11. The van der Waals surface area contributed by atoms with E-state index in [-0.39, 0.29) is 17.9 Å². The minimum absolute atomic E-state index is 0.00323. The van der Waals surface area contributed by atoms with Gasteiger partial charge in [0.05, 0.1) is 6.42 Å². The Kier molecular flexibility index (Phi) is 4.86. The first-order chi connectivity index (χ1) is 8.47. The molecule has 6 heteroatoms. The zero-order valence-electron chi connectivity index (χ0n) is 9.30. The van der Waals surface area contributed by atoms with Gasteiger partial charge < -0.3 is 14.9 Å². The van der Waals surface area contributed by atoms with Gasteiger partial charge in [-0.2, -0.15) is 0 Å². The summed E-state index contributed by atoms with van der Waals surface area (Å²) in [5.41, 5.74) is 0. The summed E-state index contributed by atoms with van der Waals surface area (Å²) in [5, 5.41) is 17.1. The number of hydrogen-bond donors (Lipinski definition) is 2. The molecule has 0 radical (unpaired) electrons. The molecule has 0 aromatic heterocycles. The van der Waals surface area contributed by atoms with Crippen LogP contribution in [0.2, 0.25) is 0 Å². The lowest BCUT2D eigenvalue weighted by molar-refractivity contribution is -0.137. The van der Waals surface area contributed by atoms with Crippen LogP contribution in [0, 0.1) is 5.82 Å². The Morgan fingerprint density at radius 3 is 2.28 bits per heavy atom. The summed E-state index contributed by atoms with van der Waals surface area (Å²) in [6.07, 6.45) is 0.383. The Balaban J connectivity index is 2.77. The first kappa shape index (κ1) is 13.7. The number of carboxylic acids is 2. The van der Waals surface area contributed by atoms with Gasteiger partial charge in [0.2, 0.25) is 0 Å². The van der Waals surface area contributed by atoms with Crippen LogP contribution in [0.4, 0.5) is 4.39 Å². The zero-order valence-corrected chi connectivity index (χ0v) is 9.30. The molecule has 0 spiro atoms. The summed E-state index contributed by atoms with van der Waals surface area (Å²) < 4.78 is 17.8. The lowest BCUT2D eigenvalue weighted by atomic mass is 10.2. The normalized spacial score (nSPS) is 11.1. The van der Waals surface area contributed by atoms with Crippen LogP contribution in [0.3, 0.4) is 0 Å². The molecule has 0 heterocycles. The van der Waals surface area contributed by atoms with E-state index in [2.05, 4.69) is 0 Å². The first-order valence-corrected chi connectivity index (χ1v) is 5.03. The molecule has 1 rings (SSSR count). The first-order valence-electron chi connectivity index (χ1n) is 5.03. The summed E-state index contributed by atoms with van der Waals surface area (Å²) in [5.74, 6) is -2.45. The topological polar surface area (TPSA) is 83.8 Å². The van der Waals surface area contributed by atoms with E-state index in [1.807, 2.05) is 0 Å². The van der Waals surface area contributed by atoms with E-state index >= 15 is 0 Å². The molecule has 0 aliphatic rings. The molecule has 0 bridgehead atoms. The minimum atomic E-state index is -1.14. The van der Waals surface area contributed by atoms with Crippen LogP contribution in [0.15, 0.2) is 36.1 Å². The molecule has 1 aromatic carbocycles. The molecule has 0 aliphatic carbocycles. The fourth-order valence-electron chi connectivity index (χ4n) is 1.15. The summed E-state index contributed by atoms with van der Waals surface area (Å²) >= 11 is 0. The highest BCUT2D eigenvalue weighted by Crippen LogP contribution is 2.16. The van der Waals surface area contributed by atoms with E-state index in [0.717, 1.165) is 12.1 Å². The molecule has 5 nitrogen and oxygen atoms in total. The highest BCUT2D eigenvalue weighted by atomic mass is 19.1. The van der Waals surface area contributed by atoms with Crippen LogP contribution in [0.5, 0.6) is 5.75 Å². The summed E-state index contributed by atoms with van der Waals surface area (Å²) in [7, 11) is 0. The number of benzene rings is 1. The summed E-state index contributed by atoms with van der Waals surface area (Å²) in [6.45, 7) is 0. The fraction of sp³-hybridized carbons (Fsp3) is 0.167. The second kappa shape index (κ2) is 6.39. The van der Waals surface area contributed by atoms with Gasteiger partial charge in [0.15, 0.2) is 0 Å². The van der Waals surface area contributed by atoms with Crippen molar-refractivity contribution >= 4 is 11.9 Å². The van der Waals surface area contributed by atoms with E-state index in [0.29, 0.717) is 0 Å². The molecule has 0 atom stereocenters. The lowest BCUT2D eigenvalue weighted by Gasteiger charge is -2.08. The lowest BCUT2D eigenvalue weighted by Crippen LogP contribution is -2.05. The standard InChI is InChI=1S/C12H11FO5/c13-8-1-3-9(4-2-8)18-10(7-12(16)17)5-6-11(14)15/h1-5H,6-7H2,(H,14,15)(H,16,17)/b10-5-. The molecular formula is C12H11FO5. The van der Waals surface area contributed by atoms with Gasteiger partial charge >= 0.3 is 11.9 Å². The Morgan fingerprint density at radius 1 is 1.17 bits per heavy atom. The molecule has 0 aliphatic heterocycles. The van der Waals surface area contributed by atoms with Crippen molar-refractivity contribution in [1.82, 2.24) is 0 Å². The van der Waals surface area contributed by atoms with Crippen molar-refractivity contribution in [3.63, 3.8) is 0 Å². The largest absolute Gasteiger partial charge is 0.481 e. The summed E-state index contributed by atoms with van der Waals surface area (Å²) in [4.78, 5) is 21.0. The average Bonchev–Trinajstić information content (AvgIpc) is 2.28. The molecule has 0 saturated heterocycles. The number of carboxylic acid groups (broad SMARTS) is 2. The molecule has 0 fully saturated rings. The summed E-state index contributed by atoms with van der Waals surface area (Å²) in [6, 6.07) is 4.97. The maximum absolute atomic E-state index is 12.6. The van der Waals surface area contributed by atoms with Gasteiger partial charge in [-0.3, -0.25) is 9.59 Å². The van der Waals surface area contributed by atoms with Gasteiger partial charge in [0.1, 0.15) is 23.7 Å². The van der Waals surface area contributed by atoms with Crippen LogP contribution < -0.4 is 4.74 Å². The van der Waals surface area contributed by atoms with Crippen molar-refractivity contribution in [2.75, 3.05) is 0 Å². The monoisotopic (exact) mass is 254 g/mol. The van der Waals surface area contributed by atoms with Gasteiger partial charge in [-0.15, -0.1) is 0 Å². The Hall–Kier alpha value is -2.37. The highest BCUT2D eigenvalue weighted by molar-refractivity contribution is 5.71. The van der Waals surface area contributed by atoms with Gasteiger partial charge in [-0.25, -0.2) is 4.39 Å². The van der Waals surface area contributed by atoms with E-state index in [1.165, 1.54) is 18.2 Å². The van der Waals surface area contributed by atoms with Gasteiger partial charge in [-0.05, 0) is 30.3 Å². The highest BCUT2D eigenvalue weighted by Gasteiger charge is 2.08. The predicted molar refractivity (Wildman–Crippen MR) is 59.6 cm³/mol. The van der Waals surface area contributed by atoms with Crippen molar-refractivity contribution in [2.45, 2.75) is 12.8 Å². The molecule has 18 heavy (non-hydrogen) atoms. The molecule has 0 unspecified atom stereocenters. The van der Waals surface area contributed by atoms with Gasteiger partial charge in [-0.1, -0.05) is 0 Å². The van der Waals surface area contributed by atoms with Gasteiger partial charge in [0, 0.05) is 0 Å². The van der Waals surface area contributed by atoms with Crippen molar-refractivity contribution in [3.05, 3.63) is 41.9 Å². The number of carbonyl (C=O) groups is 2. The number of halogens is 1. The molecule has 0 amide bonds. The molecule has 2 N–H and O–H groups in total. The van der Waals surface area contributed by atoms with Crippen molar-refractivity contribution in [3.8, 4) is 5.75 Å². The number of aliphatic carboxylic acids is 2. The Bertz CT molecular complexity index is 464. The quantitative estimate of drug-likeness (QED) is 0.759. The predicted octanol–water partition coefficient (Wildman–Crippen LogP) is 2.04. The molecular weight excluding hydrogens is 243 g/mol. The maximum atomic E-state index is 12.6. The minimum Gasteiger partial charge on any atom is -0.481 e. The number of rotatable bonds is 6. The molecule has 1 aromatic rings. The second-order valence-electron chi connectivity index (χ2n) is 3.39. The molecule has 96 valence electrons. The maximum Gasteiger partial charge on any atom is 0.311 e. The van der Waals surface area contributed by atoms with Crippen LogP contribution in [-0.4, -0.2) is 22.2 Å². The zero-order chi connectivity index (χ0) is 13.5. The smallest absolute Gasteiger partial charge is 0.311 e. The van der Waals surface area contributed by atoms with E-state index in [4.69, 9.17) is 14.9 Å². The second-order valence-corrected chi connectivity index (χ2v) is 3.39. The SMILES string of the molecule is O=C(O)C/C=C(/CC(=O)O)Oc1ccc(F)cc1. The average molecular weight is 254 g/mol. The Labute approximate surface area is 102 Å². The van der Waals surface area contributed by atoms with Crippen LogP contribution in [0.1, 0.15) is 12.8 Å². The third-order valence-electron chi connectivity index (χ3n) is 1.89. The number of hydrogen-bond acceptors (Lipinski definition) is 3. The van der Waals surface area contributed by atoms with E-state index in [9.17, 15) is 14.0 Å². The van der Waals surface area contributed by atoms with Gasteiger partial charge in [0.25, 0.3) is 0 Å². The molecule has 0 saturated carbocycles. The van der Waals surface area contributed by atoms with Crippen LogP contribution in [0.25, 0.3) is 0 Å². The van der Waals surface area contributed by atoms with E-state index in [1.54, 1.807) is 0 Å². The van der Waals surface area contributed by atoms with E-state index < -0.39 is 24.2 Å². The van der Waals surface area contributed by atoms with Crippen LogP contribution in [-0.2, 0) is 9.59 Å².